The fourth-order valence-corrected chi connectivity index (χ4v) is 1.54. The fourth-order valence-electron chi connectivity index (χ4n) is 1.54. The van der Waals surface area contributed by atoms with Crippen LogP contribution in [0.4, 0.5) is 5.82 Å². The first-order chi connectivity index (χ1) is 8.24. The van der Waals surface area contributed by atoms with Crippen LogP contribution in [0.25, 0.3) is 5.69 Å². The van der Waals surface area contributed by atoms with E-state index in [-0.39, 0.29) is 0 Å². The zero-order chi connectivity index (χ0) is 12.3. The summed E-state index contributed by atoms with van der Waals surface area (Å²) < 4.78 is 6.71. The molecule has 0 radical (unpaired) electrons. The Morgan fingerprint density at radius 2 is 2.24 bits per heavy atom. The number of aliphatic imine (C=N–C) groups is 1. The van der Waals surface area contributed by atoms with Crippen molar-refractivity contribution >= 4 is 11.9 Å². The molecular formula is C12H11N3O2. The third-order valence-corrected chi connectivity index (χ3v) is 2.27. The van der Waals surface area contributed by atoms with Crippen molar-refractivity contribution in [1.82, 2.24) is 9.78 Å². The van der Waals surface area contributed by atoms with Crippen molar-refractivity contribution in [3.05, 3.63) is 36.0 Å². The van der Waals surface area contributed by atoms with Crippen molar-refractivity contribution in [2.24, 2.45) is 4.99 Å². The molecule has 0 atom stereocenters. The molecule has 1 aromatic carbocycles. The van der Waals surface area contributed by atoms with Gasteiger partial charge in [0.1, 0.15) is 5.75 Å². The van der Waals surface area contributed by atoms with Crippen molar-refractivity contribution in [3.8, 4) is 11.4 Å². The van der Waals surface area contributed by atoms with Gasteiger partial charge in [0, 0.05) is 12.1 Å². The highest BCUT2D eigenvalue weighted by Gasteiger charge is 2.07. The normalized spacial score (nSPS) is 9.76. The van der Waals surface area contributed by atoms with Crippen molar-refractivity contribution < 1.29 is 9.53 Å². The summed E-state index contributed by atoms with van der Waals surface area (Å²) in [5.74, 6) is 1.17. The third-order valence-electron chi connectivity index (χ3n) is 2.27. The van der Waals surface area contributed by atoms with E-state index in [9.17, 15) is 4.79 Å². The molecule has 86 valence electrons. The van der Waals surface area contributed by atoms with Crippen LogP contribution in [0, 0.1) is 6.92 Å². The van der Waals surface area contributed by atoms with Crippen LogP contribution >= 0.6 is 0 Å². The van der Waals surface area contributed by atoms with Gasteiger partial charge in [-0.15, -0.1) is 4.99 Å². The molecule has 0 spiro atoms. The van der Waals surface area contributed by atoms with E-state index in [1.165, 1.54) is 6.08 Å². The largest absolute Gasteiger partial charge is 0.497 e. The van der Waals surface area contributed by atoms with Gasteiger partial charge in [-0.1, -0.05) is 6.07 Å². The molecule has 2 aromatic rings. The molecule has 0 N–H and O–H groups in total. The molecule has 0 aliphatic rings. The first-order valence-corrected chi connectivity index (χ1v) is 5.03. The lowest BCUT2D eigenvalue weighted by Crippen LogP contribution is -1.96. The maximum atomic E-state index is 10.3. The van der Waals surface area contributed by atoms with Gasteiger partial charge in [-0.25, -0.2) is 9.48 Å². The number of methoxy groups -OCH3 is 1. The number of ether oxygens (including phenoxy) is 1. The number of hydrogen-bond donors (Lipinski definition) is 0. The monoisotopic (exact) mass is 229 g/mol. The quantitative estimate of drug-likeness (QED) is 0.598. The summed E-state index contributed by atoms with van der Waals surface area (Å²) in [5.41, 5.74) is 1.56. The molecule has 0 saturated heterocycles. The maximum Gasteiger partial charge on any atom is 0.242 e. The molecule has 0 aliphatic carbocycles. The van der Waals surface area contributed by atoms with E-state index in [4.69, 9.17) is 4.74 Å². The van der Waals surface area contributed by atoms with Gasteiger partial charge in [-0.2, -0.15) is 5.10 Å². The lowest BCUT2D eigenvalue weighted by molar-refractivity contribution is 0.414. The zero-order valence-electron chi connectivity index (χ0n) is 9.54. The SMILES string of the molecule is COc1cccc(-n2nc(C)cc2N=C=O)c1. The third kappa shape index (κ3) is 2.24. The van der Waals surface area contributed by atoms with Gasteiger partial charge in [0.25, 0.3) is 0 Å². The number of benzene rings is 1. The highest BCUT2D eigenvalue weighted by atomic mass is 16.5. The van der Waals surface area contributed by atoms with E-state index in [1.807, 2.05) is 31.2 Å². The Morgan fingerprint density at radius 1 is 1.41 bits per heavy atom. The van der Waals surface area contributed by atoms with Crippen LogP contribution in [0.3, 0.4) is 0 Å². The molecule has 0 aliphatic heterocycles. The molecule has 2 rings (SSSR count). The molecule has 0 bridgehead atoms. The van der Waals surface area contributed by atoms with Gasteiger partial charge in [-0.05, 0) is 19.1 Å². The topological polar surface area (TPSA) is 56.5 Å². The van der Waals surface area contributed by atoms with Gasteiger partial charge in [0.15, 0.2) is 5.82 Å². The smallest absolute Gasteiger partial charge is 0.242 e. The number of hydrogen-bond acceptors (Lipinski definition) is 4. The Balaban J connectivity index is 2.54. The van der Waals surface area contributed by atoms with Crippen molar-refractivity contribution in [2.75, 3.05) is 7.11 Å². The number of carbonyl (C=O) groups excluding carboxylic acids is 1. The van der Waals surface area contributed by atoms with Crippen LogP contribution in [0.1, 0.15) is 5.69 Å². The minimum absolute atomic E-state index is 0.450. The number of nitrogens with zero attached hydrogens (tertiary/aromatic N) is 3. The summed E-state index contributed by atoms with van der Waals surface area (Å²) in [5, 5.41) is 4.26. The summed E-state index contributed by atoms with van der Waals surface area (Å²) >= 11 is 0. The zero-order valence-corrected chi connectivity index (χ0v) is 9.54. The minimum atomic E-state index is 0.450. The fraction of sp³-hybridized carbons (Fsp3) is 0.167. The lowest BCUT2D eigenvalue weighted by Gasteiger charge is -2.05. The van der Waals surface area contributed by atoms with E-state index in [0.717, 1.165) is 17.1 Å². The predicted molar refractivity (Wildman–Crippen MR) is 62.6 cm³/mol. The van der Waals surface area contributed by atoms with Crippen LogP contribution in [0.5, 0.6) is 5.75 Å². The molecule has 0 amide bonds. The Labute approximate surface area is 98.4 Å². The van der Waals surface area contributed by atoms with Crippen molar-refractivity contribution in [2.45, 2.75) is 6.92 Å². The van der Waals surface area contributed by atoms with Crippen LogP contribution in [0.2, 0.25) is 0 Å². The highest BCUT2D eigenvalue weighted by Crippen LogP contribution is 2.22. The summed E-state index contributed by atoms with van der Waals surface area (Å²) in [6.45, 7) is 1.83. The van der Waals surface area contributed by atoms with Gasteiger partial charge >= 0.3 is 0 Å². The summed E-state index contributed by atoms with van der Waals surface area (Å²) in [4.78, 5) is 13.9. The van der Waals surface area contributed by atoms with Crippen molar-refractivity contribution in [3.63, 3.8) is 0 Å². The molecule has 0 saturated carbocycles. The minimum Gasteiger partial charge on any atom is -0.497 e. The molecule has 1 heterocycles. The molecule has 17 heavy (non-hydrogen) atoms. The first-order valence-electron chi connectivity index (χ1n) is 5.03. The lowest BCUT2D eigenvalue weighted by atomic mass is 10.3. The van der Waals surface area contributed by atoms with Gasteiger partial charge in [0.05, 0.1) is 18.5 Å². The molecular weight excluding hydrogens is 218 g/mol. The second-order valence-corrected chi connectivity index (χ2v) is 3.46. The Hall–Kier alpha value is -2.39. The van der Waals surface area contributed by atoms with E-state index >= 15 is 0 Å². The van der Waals surface area contributed by atoms with E-state index in [2.05, 4.69) is 10.1 Å². The molecule has 0 fully saturated rings. The maximum absolute atomic E-state index is 10.3. The second kappa shape index (κ2) is 4.63. The van der Waals surface area contributed by atoms with Crippen LogP contribution in [-0.4, -0.2) is 23.0 Å². The first kappa shape index (κ1) is 11.1. The average molecular weight is 229 g/mol. The van der Waals surface area contributed by atoms with Crippen LogP contribution in [-0.2, 0) is 4.79 Å². The summed E-state index contributed by atoms with van der Waals surface area (Å²) in [7, 11) is 1.60. The summed E-state index contributed by atoms with van der Waals surface area (Å²) in [6, 6.07) is 9.07. The number of aromatic nitrogens is 2. The average Bonchev–Trinajstić information content (AvgIpc) is 2.71. The molecule has 0 unspecified atom stereocenters. The van der Waals surface area contributed by atoms with Gasteiger partial charge in [-0.3, -0.25) is 0 Å². The number of isocyanates is 1. The summed E-state index contributed by atoms with van der Waals surface area (Å²) in [6.07, 6.45) is 1.52. The predicted octanol–water partition coefficient (Wildman–Crippen LogP) is 2.16. The highest BCUT2D eigenvalue weighted by molar-refractivity contribution is 5.50. The van der Waals surface area contributed by atoms with E-state index in [1.54, 1.807) is 17.9 Å². The number of rotatable bonds is 3. The van der Waals surface area contributed by atoms with Crippen LogP contribution in [0.15, 0.2) is 35.3 Å². The second-order valence-electron chi connectivity index (χ2n) is 3.46. The Morgan fingerprint density at radius 3 is 2.94 bits per heavy atom. The number of aryl methyl sites for hydroxylation is 1. The van der Waals surface area contributed by atoms with Crippen molar-refractivity contribution in [1.29, 1.82) is 0 Å². The van der Waals surface area contributed by atoms with Crippen LogP contribution < -0.4 is 4.74 Å². The van der Waals surface area contributed by atoms with E-state index < -0.39 is 0 Å². The molecule has 1 aromatic heterocycles. The Kier molecular flexibility index (Phi) is 3.03. The molecule has 5 nitrogen and oxygen atoms in total. The molecule has 5 heteroatoms. The van der Waals surface area contributed by atoms with Gasteiger partial charge in [0.2, 0.25) is 6.08 Å². The standard InChI is InChI=1S/C12H11N3O2/c1-9-6-12(13-8-16)15(14-9)10-4-3-5-11(7-10)17-2/h3-7H,1-2H3. The Bertz CT molecular complexity index is 583. The van der Waals surface area contributed by atoms with E-state index in [0.29, 0.717) is 5.82 Å². The van der Waals surface area contributed by atoms with Gasteiger partial charge < -0.3 is 4.74 Å².